The van der Waals surface area contributed by atoms with Gasteiger partial charge in [-0.1, -0.05) is 11.6 Å². The Morgan fingerprint density at radius 3 is 2.56 bits per heavy atom. The van der Waals surface area contributed by atoms with E-state index in [9.17, 15) is 18.0 Å². The summed E-state index contributed by atoms with van der Waals surface area (Å²) in [6, 6.07) is 2.53. The number of carbonyl (C=O) groups is 1. The maximum atomic E-state index is 13.6. The van der Waals surface area contributed by atoms with Gasteiger partial charge in [-0.2, -0.15) is 13.2 Å². The molecule has 4 heterocycles. The van der Waals surface area contributed by atoms with E-state index in [1.165, 1.54) is 18.7 Å². The molecule has 1 saturated heterocycles. The van der Waals surface area contributed by atoms with E-state index in [4.69, 9.17) is 16.0 Å². The van der Waals surface area contributed by atoms with Crippen molar-refractivity contribution in [3.05, 3.63) is 47.3 Å². The molecule has 0 spiro atoms. The van der Waals surface area contributed by atoms with Crippen LogP contribution in [0.15, 0.2) is 35.3 Å². The average molecular weight is 398 g/mol. The van der Waals surface area contributed by atoms with E-state index in [0.29, 0.717) is 18.7 Å². The molecule has 0 aromatic carbocycles. The number of pyridine rings is 1. The fraction of sp³-hybridized carbons (Fsp3) is 0.333. The van der Waals surface area contributed by atoms with E-state index in [1.54, 1.807) is 11.0 Å². The van der Waals surface area contributed by atoms with Crippen LogP contribution < -0.4 is 0 Å². The highest BCUT2D eigenvalue weighted by Crippen LogP contribution is 2.37. The van der Waals surface area contributed by atoms with Crippen molar-refractivity contribution in [3.63, 3.8) is 0 Å². The highest BCUT2D eigenvalue weighted by molar-refractivity contribution is 6.33. The minimum atomic E-state index is -4.65. The van der Waals surface area contributed by atoms with Crippen molar-refractivity contribution >= 4 is 23.2 Å². The van der Waals surface area contributed by atoms with E-state index < -0.39 is 17.6 Å². The summed E-state index contributed by atoms with van der Waals surface area (Å²) in [5.41, 5.74) is -0.773. The van der Waals surface area contributed by atoms with Gasteiger partial charge in [-0.25, -0.2) is 4.98 Å². The molecule has 1 amide bonds. The first kappa shape index (κ1) is 17.9. The van der Waals surface area contributed by atoms with Gasteiger partial charge in [0.25, 0.3) is 5.91 Å². The quantitative estimate of drug-likeness (QED) is 0.618. The van der Waals surface area contributed by atoms with Crippen molar-refractivity contribution in [1.29, 1.82) is 0 Å². The topological polar surface area (TPSA) is 50.8 Å². The van der Waals surface area contributed by atoms with Gasteiger partial charge >= 0.3 is 6.18 Å². The van der Waals surface area contributed by atoms with Gasteiger partial charge in [0.1, 0.15) is 5.15 Å². The summed E-state index contributed by atoms with van der Waals surface area (Å²) in [5.74, 6) is -0.443. The number of fused-ring (bicyclic) bond motifs is 1. The van der Waals surface area contributed by atoms with Gasteiger partial charge in [0, 0.05) is 30.4 Å². The summed E-state index contributed by atoms with van der Waals surface area (Å²) in [6.45, 7) is 1.10. The lowest BCUT2D eigenvalue weighted by Crippen LogP contribution is -2.35. The molecule has 4 rings (SSSR count). The second-order valence-corrected chi connectivity index (χ2v) is 6.81. The van der Waals surface area contributed by atoms with Crippen LogP contribution in [0.3, 0.4) is 0 Å². The van der Waals surface area contributed by atoms with Crippen molar-refractivity contribution in [3.8, 4) is 11.1 Å². The predicted molar refractivity (Wildman–Crippen MR) is 92.7 cm³/mol. The molecule has 3 aromatic heterocycles. The lowest BCUT2D eigenvalue weighted by molar-refractivity contribution is -0.136. The van der Waals surface area contributed by atoms with Gasteiger partial charge in [0.05, 0.1) is 18.1 Å². The van der Waals surface area contributed by atoms with Crippen LogP contribution in [-0.2, 0) is 6.18 Å². The summed E-state index contributed by atoms with van der Waals surface area (Å²) in [5, 5.41) is -0.128. The Morgan fingerprint density at radius 2 is 1.93 bits per heavy atom. The van der Waals surface area contributed by atoms with Crippen LogP contribution >= 0.6 is 11.6 Å². The second kappa shape index (κ2) is 6.60. The minimum Gasteiger partial charge on any atom is -0.472 e. The number of likely N-dealkylation sites (tertiary alicyclic amines) is 1. The van der Waals surface area contributed by atoms with Crippen LogP contribution in [0.4, 0.5) is 13.2 Å². The predicted octanol–water partition coefficient (Wildman–Crippen LogP) is 4.89. The molecule has 0 atom stereocenters. The summed E-state index contributed by atoms with van der Waals surface area (Å²) in [6.07, 6.45) is 2.22. The Morgan fingerprint density at radius 1 is 1.19 bits per heavy atom. The van der Waals surface area contributed by atoms with Gasteiger partial charge < -0.3 is 9.32 Å². The highest BCUT2D eigenvalue weighted by Gasteiger charge is 2.36. The molecule has 0 N–H and O–H groups in total. The number of hydrogen-bond acceptors (Lipinski definition) is 3. The van der Waals surface area contributed by atoms with Gasteiger partial charge in [0.15, 0.2) is 11.3 Å². The van der Waals surface area contributed by atoms with E-state index in [-0.39, 0.29) is 22.1 Å². The van der Waals surface area contributed by atoms with Gasteiger partial charge in [0.2, 0.25) is 0 Å². The molecule has 1 fully saturated rings. The first-order chi connectivity index (χ1) is 12.9. The zero-order valence-corrected chi connectivity index (χ0v) is 14.8. The summed E-state index contributed by atoms with van der Waals surface area (Å²) in [7, 11) is 0. The van der Waals surface area contributed by atoms with Crippen molar-refractivity contribution in [2.24, 2.45) is 0 Å². The van der Waals surface area contributed by atoms with Crippen LogP contribution in [0.25, 0.3) is 16.8 Å². The molecular formula is C18H15ClF3N3O2. The molecule has 27 heavy (non-hydrogen) atoms. The first-order valence-corrected chi connectivity index (χ1v) is 8.84. The van der Waals surface area contributed by atoms with Crippen LogP contribution in [-0.4, -0.2) is 33.3 Å². The molecule has 0 bridgehead atoms. The van der Waals surface area contributed by atoms with Crippen LogP contribution in [0.2, 0.25) is 5.15 Å². The molecule has 0 saturated carbocycles. The molecule has 142 valence electrons. The third-order valence-electron chi connectivity index (χ3n) is 4.67. The lowest BCUT2D eigenvalue weighted by Gasteiger charge is -2.25. The number of piperidine rings is 1. The minimum absolute atomic E-state index is 0.128. The summed E-state index contributed by atoms with van der Waals surface area (Å²) >= 11 is 6.29. The van der Waals surface area contributed by atoms with E-state index >= 15 is 0 Å². The van der Waals surface area contributed by atoms with Crippen molar-refractivity contribution in [2.45, 2.75) is 25.4 Å². The first-order valence-electron chi connectivity index (χ1n) is 8.47. The molecule has 0 radical (unpaired) electrons. The number of hydrogen-bond donors (Lipinski definition) is 0. The molecule has 1 aliphatic rings. The Balaban J connectivity index is 1.88. The molecule has 0 aliphatic carbocycles. The molecular weight excluding hydrogens is 383 g/mol. The largest absolute Gasteiger partial charge is 0.472 e. The Hall–Kier alpha value is -2.48. The maximum Gasteiger partial charge on any atom is 0.420 e. The third kappa shape index (κ3) is 3.18. The van der Waals surface area contributed by atoms with Crippen LogP contribution in [0.5, 0.6) is 0 Å². The fourth-order valence-electron chi connectivity index (χ4n) is 3.30. The second-order valence-electron chi connectivity index (χ2n) is 6.45. The van der Waals surface area contributed by atoms with Crippen molar-refractivity contribution in [1.82, 2.24) is 14.3 Å². The van der Waals surface area contributed by atoms with Gasteiger partial charge in [-0.3, -0.25) is 9.20 Å². The van der Waals surface area contributed by atoms with Crippen LogP contribution in [0.1, 0.15) is 35.3 Å². The number of alkyl halides is 3. The zero-order chi connectivity index (χ0) is 19.2. The summed E-state index contributed by atoms with van der Waals surface area (Å²) in [4.78, 5) is 18.3. The number of aromatic nitrogens is 2. The number of nitrogens with zero attached hydrogens (tertiary/aromatic N) is 3. The Labute approximate surface area is 157 Å². The number of carbonyl (C=O) groups excluding carboxylic acids is 1. The van der Waals surface area contributed by atoms with Crippen LogP contribution in [0, 0.1) is 0 Å². The van der Waals surface area contributed by atoms with Crippen molar-refractivity contribution < 1.29 is 22.4 Å². The lowest BCUT2D eigenvalue weighted by atomic mass is 10.1. The van der Waals surface area contributed by atoms with Gasteiger partial charge in [-0.05, 0) is 31.4 Å². The number of furan rings is 1. The monoisotopic (exact) mass is 397 g/mol. The molecule has 5 nitrogen and oxygen atoms in total. The van der Waals surface area contributed by atoms with Gasteiger partial charge in [-0.15, -0.1) is 0 Å². The highest BCUT2D eigenvalue weighted by atomic mass is 35.5. The summed E-state index contributed by atoms with van der Waals surface area (Å²) < 4.78 is 46.9. The number of imidazole rings is 1. The Kier molecular flexibility index (Phi) is 4.38. The number of rotatable bonds is 2. The normalized spacial score (nSPS) is 15.5. The third-order valence-corrected chi connectivity index (χ3v) is 5.03. The van der Waals surface area contributed by atoms with Crippen molar-refractivity contribution in [2.75, 3.05) is 13.1 Å². The van der Waals surface area contributed by atoms with E-state index in [2.05, 4.69) is 4.98 Å². The van der Waals surface area contributed by atoms with E-state index in [0.717, 1.165) is 29.7 Å². The smallest absolute Gasteiger partial charge is 0.420 e. The Bertz CT molecular complexity index is 990. The molecule has 9 heteroatoms. The molecule has 0 unspecified atom stereocenters. The zero-order valence-electron chi connectivity index (χ0n) is 14.1. The number of halogens is 4. The fourth-order valence-corrected chi connectivity index (χ4v) is 3.55. The molecule has 1 aliphatic heterocycles. The number of amides is 1. The average Bonchev–Trinajstić information content (AvgIpc) is 3.29. The standard InChI is InChI=1S/C18H15ClF3N3O2/c19-15-14(17(26)24-5-2-1-3-6-24)23-16-13(18(20,21)22)8-12(9-25(15)16)11-4-7-27-10-11/h4,7-10H,1-3,5-6H2. The molecule has 3 aromatic rings. The maximum absolute atomic E-state index is 13.6. The van der Waals surface area contributed by atoms with E-state index in [1.807, 2.05) is 0 Å². The SMILES string of the molecule is O=C(c1nc2c(C(F)(F)F)cc(-c3ccoc3)cn2c1Cl)N1CCCCC1.